The molecule has 0 radical (unpaired) electrons. The van der Waals surface area contributed by atoms with Crippen LogP contribution in [0.3, 0.4) is 0 Å². The zero-order chi connectivity index (χ0) is 21.5. The first-order chi connectivity index (χ1) is 12.7. The number of hydrogen-bond donors (Lipinski definition) is 3. The first kappa shape index (κ1) is 22.1. The maximum atomic E-state index is 11.7. The van der Waals surface area contributed by atoms with Gasteiger partial charge in [0.25, 0.3) is 0 Å². The number of benzene rings is 1. The second-order valence-corrected chi connectivity index (χ2v) is 10.2. The van der Waals surface area contributed by atoms with Crippen LogP contribution in [-0.4, -0.2) is 21.3 Å². The molecule has 154 valence electrons. The minimum Gasteiger partial charge on any atom is -0.512 e. The monoisotopic (exact) mass is 386 g/mol. The van der Waals surface area contributed by atoms with Gasteiger partial charge in [0, 0.05) is 11.3 Å². The van der Waals surface area contributed by atoms with E-state index in [-0.39, 0.29) is 28.9 Å². The molecule has 0 saturated carbocycles. The number of aromatic hydroxyl groups is 1. The van der Waals surface area contributed by atoms with Gasteiger partial charge in [0.1, 0.15) is 5.75 Å². The molecule has 0 amide bonds. The van der Waals surface area contributed by atoms with Crippen molar-refractivity contribution in [2.45, 2.75) is 72.6 Å². The van der Waals surface area contributed by atoms with Gasteiger partial charge >= 0.3 is 5.97 Å². The van der Waals surface area contributed by atoms with Crippen LogP contribution in [0.1, 0.15) is 78.4 Å². The number of rotatable bonds is 4. The number of aliphatic carboxylic acids is 1. The third-order valence-corrected chi connectivity index (χ3v) is 6.29. The highest BCUT2D eigenvalue weighted by Crippen LogP contribution is 2.52. The number of carboxylic acids is 1. The molecule has 4 heteroatoms. The minimum atomic E-state index is -0.868. The van der Waals surface area contributed by atoms with Crippen molar-refractivity contribution in [1.82, 2.24) is 0 Å². The molecule has 1 aromatic carbocycles. The van der Waals surface area contributed by atoms with Crippen LogP contribution in [0.25, 0.3) is 0 Å². The van der Waals surface area contributed by atoms with E-state index in [2.05, 4.69) is 20.8 Å². The van der Waals surface area contributed by atoms with Crippen molar-refractivity contribution in [3.05, 3.63) is 52.8 Å². The summed E-state index contributed by atoms with van der Waals surface area (Å²) in [6.07, 6.45) is 4.13. The van der Waals surface area contributed by atoms with Crippen molar-refractivity contribution in [1.29, 1.82) is 0 Å². The summed E-state index contributed by atoms with van der Waals surface area (Å²) in [6, 6.07) is 5.40. The molecular formula is C24H34O4. The van der Waals surface area contributed by atoms with Gasteiger partial charge in [0.05, 0.1) is 12.2 Å². The van der Waals surface area contributed by atoms with Crippen LogP contribution in [0.5, 0.6) is 5.75 Å². The number of allylic oxidation sites excluding steroid dienone is 4. The van der Waals surface area contributed by atoms with Gasteiger partial charge in [-0.05, 0) is 40.5 Å². The molecule has 0 aliphatic heterocycles. The lowest BCUT2D eigenvalue weighted by atomic mass is 9.60. The van der Waals surface area contributed by atoms with Crippen molar-refractivity contribution in [2.75, 3.05) is 0 Å². The fourth-order valence-electron chi connectivity index (χ4n) is 3.83. The van der Waals surface area contributed by atoms with Crippen molar-refractivity contribution in [3.8, 4) is 5.75 Å². The van der Waals surface area contributed by atoms with Gasteiger partial charge in [-0.3, -0.25) is 4.79 Å². The van der Waals surface area contributed by atoms with E-state index in [1.165, 1.54) is 0 Å². The van der Waals surface area contributed by atoms with Gasteiger partial charge in [0.15, 0.2) is 0 Å². The summed E-state index contributed by atoms with van der Waals surface area (Å²) in [5.74, 6) is -0.628. The zero-order valence-electron chi connectivity index (χ0n) is 18.1. The summed E-state index contributed by atoms with van der Waals surface area (Å²) >= 11 is 0. The molecule has 0 spiro atoms. The molecule has 3 N–H and O–H groups in total. The van der Waals surface area contributed by atoms with E-state index in [1.54, 1.807) is 12.1 Å². The van der Waals surface area contributed by atoms with E-state index in [4.69, 9.17) is 0 Å². The van der Waals surface area contributed by atoms with Crippen LogP contribution in [0.15, 0.2) is 41.7 Å². The number of hydrogen-bond acceptors (Lipinski definition) is 3. The number of carbonyl (C=O) groups is 1. The number of phenols is 1. The summed E-state index contributed by atoms with van der Waals surface area (Å²) in [7, 11) is 0. The molecule has 2 unspecified atom stereocenters. The van der Waals surface area contributed by atoms with Crippen molar-refractivity contribution >= 4 is 5.97 Å². The van der Waals surface area contributed by atoms with Crippen LogP contribution in [0.2, 0.25) is 0 Å². The highest BCUT2D eigenvalue weighted by atomic mass is 16.4. The van der Waals surface area contributed by atoms with Crippen LogP contribution < -0.4 is 0 Å². The fraction of sp³-hybridized carbons (Fsp3) is 0.542. The van der Waals surface area contributed by atoms with E-state index >= 15 is 0 Å². The molecule has 0 aromatic heterocycles. The Morgan fingerprint density at radius 1 is 1.11 bits per heavy atom. The fourth-order valence-corrected chi connectivity index (χ4v) is 3.83. The third kappa shape index (κ3) is 4.26. The number of phenolic OH excluding ortho intramolecular Hbond substituents is 1. The lowest BCUT2D eigenvalue weighted by molar-refractivity contribution is -0.137. The molecule has 1 aliphatic rings. The zero-order valence-corrected chi connectivity index (χ0v) is 18.1. The van der Waals surface area contributed by atoms with Crippen molar-refractivity contribution < 1.29 is 20.1 Å². The third-order valence-electron chi connectivity index (χ3n) is 6.29. The molecule has 1 aromatic rings. The van der Waals surface area contributed by atoms with Crippen LogP contribution >= 0.6 is 0 Å². The van der Waals surface area contributed by atoms with Crippen molar-refractivity contribution in [3.63, 3.8) is 0 Å². The maximum Gasteiger partial charge on any atom is 0.304 e. The van der Waals surface area contributed by atoms with Gasteiger partial charge in [0.2, 0.25) is 0 Å². The summed E-state index contributed by atoms with van der Waals surface area (Å²) in [5.41, 5.74) is 1.75. The van der Waals surface area contributed by atoms with Crippen LogP contribution in [0, 0.1) is 10.8 Å². The maximum absolute atomic E-state index is 11.7. The molecule has 0 saturated heterocycles. The predicted molar refractivity (Wildman–Crippen MR) is 113 cm³/mol. The molecule has 0 bridgehead atoms. The highest BCUT2D eigenvalue weighted by molar-refractivity contribution is 5.69. The summed E-state index contributed by atoms with van der Waals surface area (Å²) < 4.78 is 0. The number of aliphatic hydroxyl groups excluding tert-OH is 1. The molecule has 2 atom stereocenters. The molecule has 0 heterocycles. The Balaban J connectivity index is 2.56. The summed E-state index contributed by atoms with van der Waals surface area (Å²) in [5, 5.41) is 30.4. The standard InChI is InChI=1S/C24H34O4/c1-22(2,3)18-12-15(8-10-19(18)25)17(13-21(27)28)16-9-11-20(26)24(7,14-16)23(4,5)6/h8-12,17,25-26H,13-14H2,1-7H3,(H,27,28). The number of carboxylic acid groups (broad SMARTS) is 1. The Morgan fingerprint density at radius 2 is 1.71 bits per heavy atom. The Labute approximate surface area is 168 Å². The topological polar surface area (TPSA) is 77.8 Å². The van der Waals surface area contributed by atoms with E-state index in [1.807, 2.05) is 45.9 Å². The van der Waals surface area contributed by atoms with Gasteiger partial charge in [-0.15, -0.1) is 0 Å². The van der Waals surface area contributed by atoms with Crippen molar-refractivity contribution in [2.24, 2.45) is 10.8 Å². The minimum absolute atomic E-state index is 0.0327. The van der Waals surface area contributed by atoms with Gasteiger partial charge in [-0.2, -0.15) is 0 Å². The number of aliphatic hydroxyl groups is 1. The Morgan fingerprint density at radius 3 is 2.21 bits per heavy atom. The first-order valence-electron chi connectivity index (χ1n) is 9.82. The van der Waals surface area contributed by atoms with E-state index in [0.717, 1.165) is 16.7 Å². The SMILES string of the molecule is CC(C)(C)c1cc(C(CC(=O)O)C2=CC=C(O)C(C)(C(C)(C)C)C2)ccc1O. The Kier molecular flexibility index (Phi) is 5.76. The van der Waals surface area contributed by atoms with Crippen LogP contribution in [-0.2, 0) is 10.2 Å². The molecule has 0 fully saturated rings. The molecule has 28 heavy (non-hydrogen) atoms. The van der Waals surface area contributed by atoms with E-state index < -0.39 is 11.4 Å². The van der Waals surface area contributed by atoms with Crippen LogP contribution in [0.4, 0.5) is 0 Å². The quantitative estimate of drug-likeness (QED) is 0.586. The smallest absolute Gasteiger partial charge is 0.304 e. The van der Waals surface area contributed by atoms with Gasteiger partial charge in [-0.25, -0.2) is 0 Å². The largest absolute Gasteiger partial charge is 0.512 e. The second-order valence-electron chi connectivity index (χ2n) is 10.2. The van der Waals surface area contributed by atoms with E-state index in [9.17, 15) is 20.1 Å². The molecule has 4 nitrogen and oxygen atoms in total. The normalized spacial score (nSPS) is 21.7. The second kappa shape index (κ2) is 7.31. The first-order valence-corrected chi connectivity index (χ1v) is 9.82. The molecule has 2 rings (SSSR count). The lowest BCUT2D eigenvalue weighted by Crippen LogP contribution is -2.37. The summed E-state index contributed by atoms with van der Waals surface area (Å²) in [4.78, 5) is 11.7. The average molecular weight is 387 g/mol. The average Bonchev–Trinajstić information content (AvgIpc) is 2.53. The predicted octanol–water partition coefficient (Wildman–Crippen LogP) is 6.07. The summed E-state index contributed by atoms with van der Waals surface area (Å²) in [6.45, 7) is 14.4. The van der Waals surface area contributed by atoms with E-state index in [0.29, 0.717) is 12.2 Å². The lowest BCUT2D eigenvalue weighted by Gasteiger charge is -2.44. The molecule has 1 aliphatic carbocycles. The molecular weight excluding hydrogens is 352 g/mol. The van der Waals surface area contributed by atoms with Gasteiger partial charge < -0.3 is 15.3 Å². The van der Waals surface area contributed by atoms with Gasteiger partial charge in [-0.1, -0.05) is 72.2 Å². The highest BCUT2D eigenvalue weighted by Gasteiger charge is 2.44. The Bertz CT molecular complexity index is 818. The Hall–Kier alpha value is -2.23.